The first-order valence-corrected chi connectivity index (χ1v) is 5.40. The van der Waals surface area contributed by atoms with E-state index >= 15 is 0 Å². The Bertz CT molecular complexity index is 506. The number of aryl methyl sites for hydroxylation is 1. The SMILES string of the molecule is COc1ccc(Nc2ccc(C)c(O)c2)cc1. The zero-order valence-electron chi connectivity index (χ0n) is 9.90. The number of phenols is 1. The number of ether oxygens (including phenoxy) is 1. The number of methoxy groups -OCH3 is 1. The van der Waals surface area contributed by atoms with Crippen molar-refractivity contribution < 1.29 is 9.84 Å². The molecule has 88 valence electrons. The number of anilines is 2. The number of hydrogen-bond acceptors (Lipinski definition) is 3. The van der Waals surface area contributed by atoms with Crippen LogP contribution in [0.5, 0.6) is 11.5 Å². The van der Waals surface area contributed by atoms with Crippen molar-refractivity contribution in [3.8, 4) is 11.5 Å². The summed E-state index contributed by atoms with van der Waals surface area (Å²) in [5.74, 6) is 1.12. The lowest BCUT2D eigenvalue weighted by atomic mass is 10.2. The first-order chi connectivity index (χ1) is 8.19. The molecular weight excluding hydrogens is 214 g/mol. The topological polar surface area (TPSA) is 41.5 Å². The fourth-order valence-electron chi connectivity index (χ4n) is 1.53. The van der Waals surface area contributed by atoms with Gasteiger partial charge in [0.2, 0.25) is 0 Å². The lowest BCUT2D eigenvalue weighted by Crippen LogP contribution is -1.90. The third kappa shape index (κ3) is 2.69. The van der Waals surface area contributed by atoms with E-state index in [1.807, 2.05) is 43.3 Å². The number of hydrogen-bond donors (Lipinski definition) is 2. The predicted octanol–water partition coefficient (Wildman–Crippen LogP) is 3.45. The summed E-state index contributed by atoms with van der Waals surface area (Å²) < 4.78 is 5.09. The van der Waals surface area contributed by atoms with Crippen LogP contribution in [0.1, 0.15) is 5.56 Å². The Labute approximate surface area is 101 Å². The standard InChI is InChI=1S/C14H15NO2/c1-10-3-4-12(9-14(10)16)15-11-5-7-13(17-2)8-6-11/h3-9,15-16H,1-2H3. The minimum Gasteiger partial charge on any atom is -0.508 e. The molecule has 0 saturated carbocycles. The minimum absolute atomic E-state index is 0.295. The minimum atomic E-state index is 0.295. The van der Waals surface area contributed by atoms with Gasteiger partial charge < -0.3 is 15.2 Å². The van der Waals surface area contributed by atoms with Crippen LogP contribution in [0.2, 0.25) is 0 Å². The van der Waals surface area contributed by atoms with Gasteiger partial charge >= 0.3 is 0 Å². The molecule has 2 aromatic carbocycles. The highest BCUT2D eigenvalue weighted by atomic mass is 16.5. The summed E-state index contributed by atoms with van der Waals surface area (Å²) in [6, 6.07) is 13.1. The van der Waals surface area contributed by atoms with Crippen molar-refractivity contribution in [3.05, 3.63) is 48.0 Å². The van der Waals surface area contributed by atoms with Crippen LogP contribution in [-0.2, 0) is 0 Å². The fourth-order valence-corrected chi connectivity index (χ4v) is 1.53. The molecule has 0 amide bonds. The Morgan fingerprint density at radius 1 is 1.00 bits per heavy atom. The zero-order valence-corrected chi connectivity index (χ0v) is 9.90. The molecule has 0 aromatic heterocycles. The third-order valence-corrected chi connectivity index (χ3v) is 2.59. The van der Waals surface area contributed by atoms with Crippen molar-refractivity contribution in [2.45, 2.75) is 6.92 Å². The Hall–Kier alpha value is -2.16. The summed E-state index contributed by atoms with van der Waals surface area (Å²) in [6.45, 7) is 1.87. The van der Waals surface area contributed by atoms with E-state index in [2.05, 4.69) is 5.32 Å². The van der Waals surface area contributed by atoms with Gasteiger partial charge in [0, 0.05) is 17.4 Å². The van der Waals surface area contributed by atoms with Crippen LogP contribution in [-0.4, -0.2) is 12.2 Å². The molecule has 2 N–H and O–H groups in total. The fraction of sp³-hybridized carbons (Fsp3) is 0.143. The van der Waals surface area contributed by atoms with E-state index in [0.717, 1.165) is 22.7 Å². The third-order valence-electron chi connectivity index (χ3n) is 2.59. The first kappa shape index (κ1) is 11.3. The van der Waals surface area contributed by atoms with Crippen LogP contribution in [0.15, 0.2) is 42.5 Å². The Morgan fingerprint density at radius 3 is 2.24 bits per heavy atom. The average molecular weight is 229 g/mol. The molecule has 0 unspecified atom stereocenters. The van der Waals surface area contributed by atoms with Crippen LogP contribution in [0.25, 0.3) is 0 Å². The Balaban J connectivity index is 2.16. The summed E-state index contributed by atoms with van der Waals surface area (Å²) >= 11 is 0. The Morgan fingerprint density at radius 2 is 1.65 bits per heavy atom. The predicted molar refractivity (Wildman–Crippen MR) is 69.1 cm³/mol. The summed E-state index contributed by atoms with van der Waals surface area (Å²) in [6.07, 6.45) is 0. The van der Waals surface area contributed by atoms with Crippen LogP contribution in [0.3, 0.4) is 0 Å². The van der Waals surface area contributed by atoms with E-state index < -0.39 is 0 Å². The van der Waals surface area contributed by atoms with Gasteiger partial charge in [0.1, 0.15) is 11.5 Å². The van der Waals surface area contributed by atoms with Crippen molar-refractivity contribution in [2.75, 3.05) is 12.4 Å². The lowest BCUT2D eigenvalue weighted by molar-refractivity contribution is 0.415. The molecule has 3 heteroatoms. The highest BCUT2D eigenvalue weighted by Gasteiger charge is 1.99. The van der Waals surface area contributed by atoms with E-state index in [1.165, 1.54) is 0 Å². The smallest absolute Gasteiger partial charge is 0.120 e. The monoisotopic (exact) mass is 229 g/mol. The van der Waals surface area contributed by atoms with Crippen molar-refractivity contribution in [2.24, 2.45) is 0 Å². The molecular formula is C14H15NO2. The van der Waals surface area contributed by atoms with Gasteiger partial charge in [0.05, 0.1) is 7.11 Å². The molecule has 0 atom stereocenters. The highest BCUT2D eigenvalue weighted by Crippen LogP contribution is 2.24. The maximum absolute atomic E-state index is 9.60. The normalized spacial score (nSPS) is 10.0. The summed E-state index contributed by atoms with van der Waals surface area (Å²) in [4.78, 5) is 0. The number of phenolic OH excluding ortho intramolecular Hbond substituents is 1. The van der Waals surface area contributed by atoms with E-state index in [9.17, 15) is 5.11 Å². The molecule has 0 heterocycles. The number of nitrogens with one attached hydrogen (secondary N) is 1. The maximum atomic E-state index is 9.60. The van der Waals surface area contributed by atoms with Crippen LogP contribution < -0.4 is 10.1 Å². The number of benzene rings is 2. The van der Waals surface area contributed by atoms with Crippen molar-refractivity contribution in [1.82, 2.24) is 0 Å². The molecule has 0 radical (unpaired) electrons. The maximum Gasteiger partial charge on any atom is 0.120 e. The van der Waals surface area contributed by atoms with E-state index in [1.54, 1.807) is 13.2 Å². The molecule has 0 spiro atoms. The molecule has 2 aromatic rings. The molecule has 17 heavy (non-hydrogen) atoms. The molecule has 0 aliphatic heterocycles. The molecule has 0 aliphatic rings. The molecule has 3 nitrogen and oxygen atoms in total. The number of aromatic hydroxyl groups is 1. The van der Waals surface area contributed by atoms with Gasteiger partial charge in [-0.3, -0.25) is 0 Å². The van der Waals surface area contributed by atoms with Gasteiger partial charge in [-0.1, -0.05) is 6.07 Å². The van der Waals surface area contributed by atoms with Gasteiger partial charge in [-0.25, -0.2) is 0 Å². The molecule has 0 saturated heterocycles. The van der Waals surface area contributed by atoms with Gasteiger partial charge in [-0.15, -0.1) is 0 Å². The highest BCUT2D eigenvalue weighted by molar-refractivity contribution is 5.62. The van der Waals surface area contributed by atoms with E-state index in [0.29, 0.717) is 5.75 Å². The van der Waals surface area contributed by atoms with E-state index in [4.69, 9.17) is 4.74 Å². The second-order valence-electron chi connectivity index (χ2n) is 3.85. The van der Waals surface area contributed by atoms with Crippen molar-refractivity contribution in [1.29, 1.82) is 0 Å². The first-order valence-electron chi connectivity index (χ1n) is 5.40. The largest absolute Gasteiger partial charge is 0.508 e. The van der Waals surface area contributed by atoms with Crippen LogP contribution >= 0.6 is 0 Å². The molecule has 0 fully saturated rings. The summed E-state index contributed by atoms with van der Waals surface area (Å²) in [7, 11) is 1.64. The number of rotatable bonds is 3. The summed E-state index contributed by atoms with van der Waals surface area (Å²) in [5, 5.41) is 12.8. The van der Waals surface area contributed by atoms with Gasteiger partial charge in [-0.05, 0) is 42.8 Å². The van der Waals surface area contributed by atoms with Crippen molar-refractivity contribution in [3.63, 3.8) is 0 Å². The van der Waals surface area contributed by atoms with Gasteiger partial charge in [0.25, 0.3) is 0 Å². The lowest BCUT2D eigenvalue weighted by Gasteiger charge is -2.08. The van der Waals surface area contributed by atoms with E-state index in [-0.39, 0.29) is 0 Å². The van der Waals surface area contributed by atoms with Crippen molar-refractivity contribution >= 4 is 11.4 Å². The zero-order chi connectivity index (χ0) is 12.3. The molecule has 2 rings (SSSR count). The summed E-state index contributed by atoms with van der Waals surface area (Å²) in [5.41, 5.74) is 2.68. The molecule has 0 aliphatic carbocycles. The second kappa shape index (κ2) is 4.78. The average Bonchev–Trinajstić information content (AvgIpc) is 2.35. The molecule has 0 bridgehead atoms. The second-order valence-corrected chi connectivity index (χ2v) is 3.85. The quantitative estimate of drug-likeness (QED) is 0.847. The Kier molecular flexibility index (Phi) is 3.19. The van der Waals surface area contributed by atoms with Crippen LogP contribution in [0.4, 0.5) is 11.4 Å². The van der Waals surface area contributed by atoms with Gasteiger partial charge in [-0.2, -0.15) is 0 Å². The van der Waals surface area contributed by atoms with Gasteiger partial charge in [0.15, 0.2) is 0 Å². The van der Waals surface area contributed by atoms with Crippen LogP contribution in [0, 0.1) is 6.92 Å².